The first-order valence-electron chi connectivity index (χ1n) is 9.86. The molecule has 0 saturated carbocycles. The monoisotopic (exact) mass is 378 g/mol. The summed E-state index contributed by atoms with van der Waals surface area (Å²) in [5.41, 5.74) is 10.2. The fourth-order valence-corrected chi connectivity index (χ4v) is 4.06. The molecule has 1 aliphatic heterocycles. The van der Waals surface area contributed by atoms with Crippen LogP contribution in [0.1, 0.15) is 66.0 Å². The number of para-hydroxylation sites is 1. The zero-order chi connectivity index (χ0) is 19.8. The maximum atomic E-state index is 13.3. The minimum absolute atomic E-state index is 0.00786. The number of rotatable bonds is 3. The van der Waals surface area contributed by atoms with Crippen molar-refractivity contribution in [1.29, 1.82) is 0 Å². The molecular weight excluding hydrogens is 352 g/mol. The fraction of sp³-hybridized carbons (Fsp3) is 0.409. The second-order valence-electron chi connectivity index (χ2n) is 7.90. The van der Waals surface area contributed by atoms with Gasteiger partial charge in [-0.15, -0.1) is 0 Å². The van der Waals surface area contributed by atoms with E-state index in [2.05, 4.69) is 5.16 Å². The Balaban J connectivity index is 1.63. The third-order valence-electron chi connectivity index (χ3n) is 5.53. The summed E-state index contributed by atoms with van der Waals surface area (Å²) in [5, 5.41) is 5.14. The molecule has 6 heteroatoms. The quantitative estimate of drug-likeness (QED) is 0.736. The molecule has 2 N–H and O–H groups in total. The molecule has 3 heterocycles. The summed E-state index contributed by atoms with van der Waals surface area (Å²) in [5.74, 6) is 0.838. The van der Waals surface area contributed by atoms with Crippen molar-refractivity contribution in [2.45, 2.75) is 45.4 Å². The Bertz CT molecular complexity index is 1020. The number of aryl methyl sites for hydroxylation is 1. The van der Waals surface area contributed by atoms with E-state index in [1.165, 1.54) is 0 Å². The highest BCUT2D eigenvalue weighted by Gasteiger charge is 2.31. The fourth-order valence-electron chi connectivity index (χ4n) is 4.06. The zero-order valence-corrected chi connectivity index (χ0v) is 16.6. The SMILES string of the molecule is Cc1onc(C(C)C)c1C(=O)N1CCCC(c2nc3ccccc3cc2N)C1. The number of nitrogen functional groups attached to an aromatic ring is 1. The molecule has 146 valence electrons. The number of nitrogens with two attached hydrogens (primary N) is 1. The van der Waals surface area contributed by atoms with Crippen LogP contribution >= 0.6 is 0 Å². The van der Waals surface area contributed by atoms with Crippen molar-refractivity contribution >= 4 is 22.5 Å². The molecule has 0 radical (unpaired) electrons. The summed E-state index contributed by atoms with van der Waals surface area (Å²) < 4.78 is 5.32. The largest absolute Gasteiger partial charge is 0.397 e. The summed E-state index contributed by atoms with van der Waals surface area (Å²) in [4.78, 5) is 20.0. The van der Waals surface area contributed by atoms with E-state index in [-0.39, 0.29) is 17.7 Å². The van der Waals surface area contributed by atoms with Crippen LogP contribution in [0.3, 0.4) is 0 Å². The van der Waals surface area contributed by atoms with Gasteiger partial charge in [0.25, 0.3) is 5.91 Å². The molecule has 1 unspecified atom stereocenters. The highest BCUT2D eigenvalue weighted by atomic mass is 16.5. The maximum absolute atomic E-state index is 13.3. The lowest BCUT2D eigenvalue weighted by Crippen LogP contribution is -2.40. The molecule has 1 atom stereocenters. The van der Waals surface area contributed by atoms with Crippen molar-refractivity contribution in [2.24, 2.45) is 0 Å². The standard InChI is InChI=1S/C22H26N4O2/c1-13(2)20-19(14(3)28-25-20)22(27)26-10-6-8-16(12-26)21-17(23)11-15-7-4-5-9-18(15)24-21/h4-5,7,9,11,13,16H,6,8,10,12,23H2,1-3H3. The first-order chi connectivity index (χ1) is 13.5. The highest BCUT2D eigenvalue weighted by molar-refractivity contribution is 5.96. The van der Waals surface area contributed by atoms with Crippen LogP contribution in [-0.2, 0) is 0 Å². The number of hydrogen-bond acceptors (Lipinski definition) is 5. The summed E-state index contributed by atoms with van der Waals surface area (Å²) >= 11 is 0. The second-order valence-corrected chi connectivity index (χ2v) is 7.90. The van der Waals surface area contributed by atoms with Gasteiger partial charge in [0.05, 0.1) is 22.6 Å². The number of benzene rings is 1. The molecular formula is C22H26N4O2. The molecule has 1 aromatic carbocycles. The number of fused-ring (bicyclic) bond motifs is 1. The van der Waals surface area contributed by atoms with Gasteiger partial charge >= 0.3 is 0 Å². The Hall–Kier alpha value is -2.89. The number of anilines is 1. The number of hydrogen-bond donors (Lipinski definition) is 1. The third-order valence-corrected chi connectivity index (χ3v) is 5.53. The van der Waals surface area contributed by atoms with Crippen molar-refractivity contribution in [3.05, 3.63) is 53.0 Å². The third kappa shape index (κ3) is 3.23. The van der Waals surface area contributed by atoms with Crippen LogP contribution in [-0.4, -0.2) is 34.0 Å². The van der Waals surface area contributed by atoms with E-state index in [9.17, 15) is 4.79 Å². The van der Waals surface area contributed by atoms with Crippen LogP contribution in [0.25, 0.3) is 10.9 Å². The number of pyridine rings is 1. The lowest BCUT2D eigenvalue weighted by atomic mass is 9.92. The second kappa shape index (κ2) is 7.26. The summed E-state index contributed by atoms with van der Waals surface area (Å²) in [6.45, 7) is 7.18. The van der Waals surface area contributed by atoms with Crippen LogP contribution in [0.2, 0.25) is 0 Å². The van der Waals surface area contributed by atoms with Gasteiger partial charge < -0.3 is 15.2 Å². The molecule has 0 bridgehead atoms. The lowest BCUT2D eigenvalue weighted by Gasteiger charge is -2.33. The van der Waals surface area contributed by atoms with Crippen molar-refractivity contribution < 1.29 is 9.32 Å². The Morgan fingerprint density at radius 2 is 2.11 bits per heavy atom. The Labute approximate surface area is 164 Å². The Kier molecular flexibility index (Phi) is 4.79. The number of aromatic nitrogens is 2. The molecule has 1 saturated heterocycles. The molecule has 3 aromatic rings. The molecule has 28 heavy (non-hydrogen) atoms. The molecule has 0 spiro atoms. The van der Waals surface area contributed by atoms with E-state index in [0.29, 0.717) is 23.6 Å². The number of likely N-dealkylation sites (tertiary alicyclic amines) is 1. The van der Waals surface area contributed by atoms with Gasteiger partial charge in [-0.2, -0.15) is 0 Å². The van der Waals surface area contributed by atoms with Gasteiger partial charge in [0.15, 0.2) is 0 Å². The number of piperidine rings is 1. The first-order valence-corrected chi connectivity index (χ1v) is 9.86. The molecule has 0 aliphatic carbocycles. The van der Waals surface area contributed by atoms with Gasteiger partial charge in [0.2, 0.25) is 0 Å². The molecule has 4 rings (SSSR count). The summed E-state index contributed by atoms with van der Waals surface area (Å²) in [6.07, 6.45) is 1.89. The van der Waals surface area contributed by atoms with Crippen LogP contribution in [0.15, 0.2) is 34.9 Å². The van der Waals surface area contributed by atoms with Gasteiger partial charge in [-0.1, -0.05) is 37.2 Å². The van der Waals surface area contributed by atoms with Gasteiger partial charge in [-0.3, -0.25) is 9.78 Å². The van der Waals surface area contributed by atoms with Gasteiger partial charge in [0, 0.05) is 24.4 Å². The highest BCUT2D eigenvalue weighted by Crippen LogP contribution is 2.33. The van der Waals surface area contributed by atoms with E-state index in [1.54, 1.807) is 6.92 Å². The first kappa shape index (κ1) is 18.5. The summed E-state index contributed by atoms with van der Waals surface area (Å²) in [7, 11) is 0. The predicted molar refractivity (Wildman–Crippen MR) is 109 cm³/mol. The average Bonchev–Trinajstić information content (AvgIpc) is 3.08. The van der Waals surface area contributed by atoms with Crippen LogP contribution < -0.4 is 5.73 Å². The maximum Gasteiger partial charge on any atom is 0.259 e. The molecule has 6 nitrogen and oxygen atoms in total. The van der Waals surface area contributed by atoms with E-state index in [0.717, 1.165) is 41.7 Å². The zero-order valence-electron chi connectivity index (χ0n) is 16.6. The number of amides is 1. The average molecular weight is 378 g/mol. The van der Waals surface area contributed by atoms with E-state index in [1.807, 2.05) is 49.1 Å². The van der Waals surface area contributed by atoms with Crippen LogP contribution in [0, 0.1) is 6.92 Å². The van der Waals surface area contributed by atoms with Gasteiger partial charge in [-0.05, 0) is 37.8 Å². The van der Waals surface area contributed by atoms with E-state index in [4.69, 9.17) is 15.2 Å². The number of carbonyl (C=O) groups is 1. The van der Waals surface area contributed by atoms with Gasteiger partial charge in [0.1, 0.15) is 11.3 Å². The lowest BCUT2D eigenvalue weighted by molar-refractivity contribution is 0.0703. The van der Waals surface area contributed by atoms with Crippen molar-refractivity contribution in [3.8, 4) is 0 Å². The minimum atomic E-state index is -0.00786. The van der Waals surface area contributed by atoms with Crippen LogP contribution in [0.5, 0.6) is 0 Å². The molecule has 1 amide bonds. The van der Waals surface area contributed by atoms with E-state index >= 15 is 0 Å². The Morgan fingerprint density at radius 3 is 2.89 bits per heavy atom. The van der Waals surface area contributed by atoms with Gasteiger partial charge in [-0.25, -0.2) is 0 Å². The molecule has 2 aromatic heterocycles. The number of carbonyl (C=O) groups excluding carboxylic acids is 1. The Morgan fingerprint density at radius 1 is 1.32 bits per heavy atom. The van der Waals surface area contributed by atoms with Crippen LogP contribution in [0.4, 0.5) is 5.69 Å². The summed E-state index contributed by atoms with van der Waals surface area (Å²) in [6, 6.07) is 9.96. The smallest absolute Gasteiger partial charge is 0.259 e. The normalized spacial score (nSPS) is 17.4. The topological polar surface area (TPSA) is 85.2 Å². The van der Waals surface area contributed by atoms with Crippen molar-refractivity contribution in [2.75, 3.05) is 18.8 Å². The number of nitrogens with zero attached hydrogens (tertiary/aromatic N) is 3. The predicted octanol–water partition coefficient (Wildman–Crippen LogP) is 4.26. The molecule has 1 fully saturated rings. The molecule has 1 aliphatic rings. The van der Waals surface area contributed by atoms with E-state index < -0.39 is 0 Å². The minimum Gasteiger partial charge on any atom is -0.397 e. The van der Waals surface area contributed by atoms with Crippen molar-refractivity contribution in [1.82, 2.24) is 15.0 Å². The van der Waals surface area contributed by atoms with Crippen molar-refractivity contribution in [3.63, 3.8) is 0 Å².